The fourth-order valence-corrected chi connectivity index (χ4v) is 1.70. The molecule has 0 aliphatic heterocycles. The number of halogens is 1. The van der Waals surface area contributed by atoms with Crippen molar-refractivity contribution in [3.63, 3.8) is 0 Å². The molecule has 0 heterocycles. The second-order valence-electron chi connectivity index (χ2n) is 3.70. The van der Waals surface area contributed by atoms with E-state index in [2.05, 4.69) is 6.58 Å². The maximum atomic E-state index is 9.82. The second kappa shape index (κ2) is 4.63. The Balaban J connectivity index is 2.90. The van der Waals surface area contributed by atoms with Crippen LogP contribution in [0.1, 0.15) is 30.6 Å². The molecule has 1 nitrogen and oxygen atoms in total. The Morgan fingerprint density at radius 1 is 1.57 bits per heavy atom. The predicted molar refractivity (Wildman–Crippen MR) is 60.6 cm³/mol. The van der Waals surface area contributed by atoms with Gasteiger partial charge in [0, 0.05) is 5.02 Å². The number of aliphatic hydroxyl groups excluding tert-OH is 1. The molecule has 0 fully saturated rings. The van der Waals surface area contributed by atoms with E-state index in [1.165, 1.54) is 0 Å². The zero-order chi connectivity index (χ0) is 10.7. The molecular weight excluding hydrogens is 196 g/mol. The van der Waals surface area contributed by atoms with Crippen LogP contribution in [0.3, 0.4) is 0 Å². The Hall–Kier alpha value is -0.790. The van der Waals surface area contributed by atoms with Crippen LogP contribution in [0.4, 0.5) is 0 Å². The summed E-state index contributed by atoms with van der Waals surface area (Å²) in [6.07, 6.45) is 0.0172. The van der Waals surface area contributed by atoms with Gasteiger partial charge in [0.1, 0.15) is 0 Å². The van der Waals surface area contributed by atoms with Gasteiger partial charge in [-0.2, -0.15) is 0 Å². The third-order valence-corrected chi connectivity index (χ3v) is 2.38. The number of hydrogen-bond acceptors (Lipinski definition) is 1. The maximum absolute atomic E-state index is 9.82. The first kappa shape index (κ1) is 11.3. The molecule has 1 aromatic rings. The number of rotatable bonds is 3. The monoisotopic (exact) mass is 210 g/mol. The van der Waals surface area contributed by atoms with Crippen molar-refractivity contribution in [2.75, 3.05) is 0 Å². The van der Waals surface area contributed by atoms with E-state index in [-0.39, 0.29) is 0 Å². The van der Waals surface area contributed by atoms with E-state index in [0.29, 0.717) is 11.4 Å². The van der Waals surface area contributed by atoms with E-state index < -0.39 is 6.10 Å². The highest BCUT2D eigenvalue weighted by atomic mass is 35.5. The topological polar surface area (TPSA) is 20.2 Å². The number of hydrogen-bond donors (Lipinski definition) is 1. The van der Waals surface area contributed by atoms with Gasteiger partial charge in [0.15, 0.2) is 0 Å². The molecule has 0 saturated carbocycles. The zero-order valence-corrected chi connectivity index (χ0v) is 9.30. The molecule has 0 aliphatic rings. The molecule has 76 valence electrons. The van der Waals surface area contributed by atoms with Crippen molar-refractivity contribution < 1.29 is 5.11 Å². The Labute approximate surface area is 90.0 Å². The van der Waals surface area contributed by atoms with Gasteiger partial charge in [-0.25, -0.2) is 0 Å². The molecule has 0 amide bonds. The van der Waals surface area contributed by atoms with E-state index >= 15 is 0 Å². The van der Waals surface area contributed by atoms with Crippen LogP contribution < -0.4 is 0 Å². The maximum Gasteiger partial charge on any atom is 0.0841 e. The third kappa shape index (κ3) is 2.86. The van der Waals surface area contributed by atoms with E-state index in [4.69, 9.17) is 11.6 Å². The van der Waals surface area contributed by atoms with Gasteiger partial charge in [-0.3, -0.25) is 0 Å². The van der Waals surface area contributed by atoms with Gasteiger partial charge in [0.2, 0.25) is 0 Å². The van der Waals surface area contributed by atoms with Crippen LogP contribution in [0.25, 0.3) is 0 Å². The Morgan fingerprint density at radius 3 is 2.71 bits per heavy atom. The molecule has 2 heteroatoms. The number of aryl methyl sites for hydroxylation is 1. The lowest BCUT2D eigenvalue weighted by Crippen LogP contribution is -1.98. The summed E-state index contributed by atoms with van der Waals surface area (Å²) >= 11 is 6.02. The molecular formula is C12H15ClO. The van der Waals surface area contributed by atoms with Crippen molar-refractivity contribution in [2.45, 2.75) is 26.4 Å². The van der Waals surface area contributed by atoms with Gasteiger partial charge in [0.05, 0.1) is 6.10 Å². The lowest BCUT2D eigenvalue weighted by atomic mass is 10.0. The van der Waals surface area contributed by atoms with Gasteiger partial charge >= 0.3 is 0 Å². The van der Waals surface area contributed by atoms with E-state index in [9.17, 15) is 5.11 Å². The zero-order valence-electron chi connectivity index (χ0n) is 8.55. The third-order valence-electron chi connectivity index (χ3n) is 2.06. The fourth-order valence-electron chi connectivity index (χ4n) is 1.34. The lowest BCUT2D eigenvalue weighted by Gasteiger charge is -2.12. The predicted octanol–water partition coefficient (Wildman–Crippen LogP) is 3.65. The molecule has 0 aromatic heterocycles. The number of aliphatic hydroxyl groups is 1. The van der Waals surface area contributed by atoms with Gasteiger partial charge < -0.3 is 5.11 Å². The van der Waals surface area contributed by atoms with Crippen molar-refractivity contribution in [1.29, 1.82) is 0 Å². The normalized spacial score (nSPS) is 12.6. The van der Waals surface area contributed by atoms with Crippen molar-refractivity contribution in [2.24, 2.45) is 0 Å². The highest BCUT2D eigenvalue weighted by molar-refractivity contribution is 6.31. The molecule has 0 spiro atoms. The highest BCUT2D eigenvalue weighted by Crippen LogP contribution is 2.27. The average molecular weight is 211 g/mol. The Bertz CT molecular complexity index is 344. The molecule has 1 aromatic carbocycles. The average Bonchev–Trinajstić information content (AvgIpc) is 2.01. The first-order valence-corrected chi connectivity index (χ1v) is 4.97. The molecule has 1 atom stereocenters. The summed E-state index contributed by atoms with van der Waals surface area (Å²) in [5.74, 6) is 0. The second-order valence-corrected chi connectivity index (χ2v) is 4.11. The number of benzene rings is 1. The summed E-state index contributed by atoms with van der Waals surface area (Å²) in [6, 6.07) is 5.67. The van der Waals surface area contributed by atoms with Crippen molar-refractivity contribution in [1.82, 2.24) is 0 Å². The van der Waals surface area contributed by atoms with Gasteiger partial charge in [-0.15, -0.1) is 6.58 Å². The van der Waals surface area contributed by atoms with Gasteiger partial charge in [-0.05, 0) is 37.5 Å². The summed E-state index contributed by atoms with van der Waals surface area (Å²) in [4.78, 5) is 0. The van der Waals surface area contributed by atoms with Crippen LogP contribution in [0, 0.1) is 6.92 Å². The molecule has 0 radical (unpaired) electrons. The molecule has 14 heavy (non-hydrogen) atoms. The van der Waals surface area contributed by atoms with Crippen LogP contribution in [-0.4, -0.2) is 5.11 Å². The van der Waals surface area contributed by atoms with E-state index in [1.54, 1.807) is 0 Å². The van der Waals surface area contributed by atoms with Crippen molar-refractivity contribution in [3.05, 3.63) is 46.5 Å². The Kier molecular flexibility index (Phi) is 3.73. The largest absolute Gasteiger partial charge is 0.388 e. The summed E-state index contributed by atoms with van der Waals surface area (Å²) < 4.78 is 0. The Morgan fingerprint density at radius 2 is 2.21 bits per heavy atom. The lowest BCUT2D eigenvalue weighted by molar-refractivity contribution is 0.178. The van der Waals surface area contributed by atoms with Crippen LogP contribution >= 0.6 is 11.6 Å². The minimum Gasteiger partial charge on any atom is -0.388 e. The molecule has 0 saturated heterocycles. The summed E-state index contributed by atoms with van der Waals surface area (Å²) in [6.45, 7) is 7.63. The van der Waals surface area contributed by atoms with Crippen molar-refractivity contribution in [3.8, 4) is 0 Å². The molecule has 1 unspecified atom stereocenters. The van der Waals surface area contributed by atoms with Crippen LogP contribution in [0.5, 0.6) is 0 Å². The minimum atomic E-state index is -0.541. The minimum absolute atomic E-state index is 0.541. The molecule has 1 rings (SSSR count). The van der Waals surface area contributed by atoms with E-state index in [0.717, 1.165) is 16.7 Å². The fraction of sp³-hybridized carbons (Fsp3) is 0.333. The van der Waals surface area contributed by atoms with Crippen molar-refractivity contribution >= 4 is 11.6 Å². The smallest absolute Gasteiger partial charge is 0.0841 e. The van der Waals surface area contributed by atoms with E-state index in [1.807, 2.05) is 32.0 Å². The molecule has 1 N–H and O–H groups in total. The SMILES string of the molecule is C=C(C)CC(O)c1ccc(C)cc1Cl. The quantitative estimate of drug-likeness (QED) is 0.756. The highest BCUT2D eigenvalue weighted by Gasteiger charge is 2.11. The standard InChI is InChI=1S/C12H15ClO/c1-8(2)6-12(14)10-5-4-9(3)7-11(10)13/h4-5,7,12,14H,1,6H2,2-3H3. The summed E-state index contributed by atoms with van der Waals surface area (Å²) in [7, 11) is 0. The summed E-state index contributed by atoms with van der Waals surface area (Å²) in [5, 5.41) is 10.4. The van der Waals surface area contributed by atoms with Crippen LogP contribution in [-0.2, 0) is 0 Å². The van der Waals surface area contributed by atoms with Crippen LogP contribution in [0.2, 0.25) is 5.02 Å². The molecule has 0 aliphatic carbocycles. The van der Waals surface area contributed by atoms with Crippen LogP contribution in [0.15, 0.2) is 30.4 Å². The van der Waals surface area contributed by atoms with Gasteiger partial charge in [-0.1, -0.05) is 29.3 Å². The molecule has 0 bridgehead atoms. The first-order chi connectivity index (χ1) is 6.50. The van der Waals surface area contributed by atoms with Gasteiger partial charge in [0.25, 0.3) is 0 Å². The first-order valence-electron chi connectivity index (χ1n) is 4.59. The summed E-state index contributed by atoms with van der Waals surface area (Å²) in [5.41, 5.74) is 2.83.